The second kappa shape index (κ2) is 11.2. The highest BCUT2D eigenvalue weighted by atomic mass is 35.5. The van der Waals surface area contributed by atoms with Gasteiger partial charge in [0.15, 0.2) is 0 Å². The minimum Gasteiger partial charge on any atom is -0.457 e. The number of para-hydroxylation sites is 1. The lowest BCUT2D eigenvalue weighted by molar-refractivity contribution is 0.487. The van der Waals surface area contributed by atoms with E-state index < -0.39 is 0 Å². The predicted octanol–water partition coefficient (Wildman–Crippen LogP) is 7.13. The summed E-state index contributed by atoms with van der Waals surface area (Å²) in [5.41, 5.74) is 3.19. The first-order valence-corrected chi connectivity index (χ1v) is 9.60. The molecule has 0 aliphatic rings. The van der Waals surface area contributed by atoms with Crippen LogP contribution in [-0.2, 0) is 6.42 Å². The number of ether oxygens (including phenoxy) is 1. The number of pyridine rings is 1. The van der Waals surface area contributed by atoms with Crippen LogP contribution in [-0.4, -0.2) is 10.9 Å². The van der Waals surface area contributed by atoms with Gasteiger partial charge in [-0.05, 0) is 55.3 Å². The molecule has 28 heavy (non-hydrogen) atoms. The molecule has 0 atom stereocenters. The van der Waals surface area contributed by atoms with Crippen molar-refractivity contribution in [2.45, 2.75) is 13.3 Å². The Balaban J connectivity index is 0.00000136. The van der Waals surface area contributed by atoms with E-state index in [1.165, 1.54) is 5.56 Å². The zero-order chi connectivity index (χ0) is 20.4. The third-order valence-electron chi connectivity index (χ3n) is 3.99. The molecule has 1 aromatic heterocycles. The zero-order valence-corrected chi connectivity index (χ0v) is 17.1. The number of benzene rings is 2. The van der Waals surface area contributed by atoms with Crippen molar-refractivity contribution >= 4 is 34.1 Å². The van der Waals surface area contributed by atoms with E-state index in [2.05, 4.69) is 30.0 Å². The summed E-state index contributed by atoms with van der Waals surface area (Å²) in [6.45, 7) is 2.02. The summed E-state index contributed by atoms with van der Waals surface area (Å²) in [5, 5.41) is 1.73. The number of hydrogen-bond acceptors (Lipinski definition) is 2. The predicted molar refractivity (Wildman–Crippen MR) is 120 cm³/mol. The molecule has 3 rings (SSSR count). The molecular formula is C24H21Cl2NO. The SMILES string of the molecule is C#C.C/C(Cc1ccc(Oc2ccnc3ccccc23)cc1)=C(Cl)\C=C/CCl. The fraction of sp³-hybridized carbons (Fsp3) is 0.125. The van der Waals surface area contributed by atoms with E-state index in [1.807, 2.05) is 61.5 Å². The molecule has 0 N–H and O–H groups in total. The maximum absolute atomic E-state index is 6.26. The van der Waals surface area contributed by atoms with Crippen molar-refractivity contribution in [1.82, 2.24) is 4.98 Å². The maximum Gasteiger partial charge on any atom is 0.138 e. The van der Waals surface area contributed by atoms with Crippen LogP contribution in [0.4, 0.5) is 0 Å². The minimum absolute atomic E-state index is 0.458. The second-order valence-corrected chi connectivity index (χ2v) is 6.65. The summed E-state index contributed by atoms with van der Waals surface area (Å²) in [5.74, 6) is 2.05. The van der Waals surface area contributed by atoms with Crippen LogP contribution in [0.1, 0.15) is 12.5 Å². The molecule has 3 aromatic rings. The first kappa shape index (κ1) is 21.6. The van der Waals surface area contributed by atoms with Crippen molar-refractivity contribution in [3.05, 3.63) is 89.1 Å². The van der Waals surface area contributed by atoms with Gasteiger partial charge in [-0.3, -0.25) is 4.98 Å². The standard InChI is InChI=1S/C22H19Cl2NO.C2H2/c1-16(20(24)6-4-13-23)15-17-8-10-18(11-9-17)26-22-12-14-25-21-7-3-2-5-19(21)22;1-2/h2-12,14H,13,15H2,1H3;1-2H/b6-4-,20-16-;. The van der Waals surface area contributed by atoms with Crippen molar-refractivity contribution in [1.29, 1.82) is 0 Å². The van der Waals surface area contributed by atoms with Crippen LogP contribution in [0, 0.1) is 12.8 Å². The lowest BCUT2D eigenvalue weighted by Crippen LogP contribution is -1.91. The fourth-order valence-corrected chi connectivity index (χ4v) is 2.89. The monoisotopic (exact) mass is 409 g/mol. The van der Waals surface area contributed by atoms with Gasteiger partial charge < -0.3 is 4.74 Å². The van der Waals surface area contributed by atoms with Crippen LogP contribution >= 0.6 is 23.2 Å². The summed E-state index contributed by atoms with van der Waals surface area (Å²) in [6.07, 6.45) is 14.2. The Bertz CT molecular complexity index is 983. The lowest BCUT2D eigenvalue weighted by Gasteiger charge is -2.09. The van der Waals surface area contributed by atoms with Gasteiger partial charge in [-0.15, -0.1) is 24.4 Å². The van der Waals surface area contributed by atoms with E-state index in [1.54, 1.807) is 6.20 Å². The number of halogens is 2. The largest absolute Gasteiger partial charge is 0.457 e. The summed E-state index contributed by atoms with van der Waals surface area (Å²) in [7, 11) is 0. The van der Waals surface area contributed by atoms with Crippen LogP contribution < -0.4 is 4.74 Å². The molecule has 0 spiro atoms. The fourth-order valence-electron chi connectivity index (χ4n) is 2.64. The van der Waals surface area contributed by atoms with Crippen molar-refractivity contribution < 1.29 is 4.74 Å². The molecule has 2 nitrogen and oxygen atoms in total. The molecule has 1 heterocycles. The van der Waals surface area contributed by atoms with E-state index in [0.717, 1.165) is 39.4 Å². The molecule has 0 aliphatic heterocycles. The van der Waals surface area contributed by atoms with Crippen LogP contribution in [0.25, 0.3) is 10.9 Å². The first-order valence-electron chi connectivity index (χ1n) is 8.69. The third-order valence-corrected chi connectivity index (χ3v) is 4.62. The third kappa shape index (κ3) is 5.89. The van der Waals surface area contributed by atoms with E-state index in [0.29, 0.717) is 5.88 Å². The molecule has 0 saturated heterocycles. The highest BCUT2D eigenvalue weighted by molar-refractivity contribution is 6.31. The molecule has 0 unspecified atom stereocenters. The molecular weight excluding hydrogens is 389 g/mol. The van der Waals surface area contributed by atoms with Crippen LogP contribution in [0.5, 0.6) is 11.5 Å². The van der Waals surface area contributed by atoms with Gasteiger partial charge in [0.05, 0.1) is 5.52 Å². The Labute approximate surface area is 176 Å². The summed E-state index contributed by atoms with van der Waals surface area (Å²) >= 11 is 11.9. The second-order valence-electron chi connectivity index (χ2n) is 5.93. The average molecular weight is 410 g/mol. The van der Waals surface area contributed by atoms with Crippen molar-refractivity contribution in [2.75, 3.05) is 5.88 Å². The smallest absolute Gasteiger partial charge is 0.138 e. The minimum atomic E-state index is 0.458. The number of hydrogen-bond donors (Lipinski definition) is 0. The zero-order valence-electron chi connectivity index (χ0n) is 15.6. The lowest BCUT2D eigenvalue weighted by atomic mass is 10.1. The van der Waals surface area contributed by atoms with Gasteiger partial charge in [0.25, 0.3) is 0 Å². The summed E-state index contributed by atoms with van der Waals surface area (Å²) in [4.78, 5) is 4.36. The Morgan fingerprint density at radius 2 is 1.79 bits per heavy atom. The molecule has 4 heteroatoms. The van der Waals surface area contributed by atoms with Crippen molar-refractivity contribution in [3.8, 4) is 24.3 Å². The van der Waals surface area contributed by atoms with Gasteiger partial charge in [0, 0.05) is 22.5 Å². The Kier molecular flexibility index (Phi) is 8.62. The number of allylic oxidation sites excluding steroid dienone is 4. The van der Waals surface area contributed by atoms with Crippen molar-refractivity contribution in [2.24, 2.45) is 0 Å². The molecule has 0 fully saturated rings. The van der Waals surface area contributed by atoms with Gasteiger partial charge >= 0.3 is 0 Å². The van der Waals surface area contributed by atoms with Crippen LogP contribution in [0.2, 0.25) is 0 Å². The molecule has 0 radical (unpaired) electrons. The molecule has 0 aliphatic carbocycles. The summed E-state index contributed by atoms with van der Waals surface area (Å²) < 4.78 is 6.05. The quantitative estimate of drug-likeness (QED) is 0.245. The first-order chi connectivity index (χ1) is 13.7. The van der Waals surface area contributed by atoms with Crippen LogP contribution in [0.3, 0.4) is 0 Å². The molecule has 0 saturated carbocycles. The van der Waals surface area contributed by atoms with Gasteiger partial charge in [0.1, 0.15) is 11.5 Å². The van der Waals surface area contributed by atoms with Gasteiger partial charge in [-0.25, -0.2) is 0 Å². The Morgan fingerprint density at radius 1 is 1.07 bits per heavy atom. The molecule has 142 valence electrons. The normalized spacial score (nSPS) is 11.6. The number of fused-ring (bicyclic) bond motifs is 1. The average Bonchev–Trinajstić information content (AvgIpc) is 2.75. The molecule has 0 bridgehead atoms. The Hall–Kier alpha value is -2.73. The van der Waals surface area contributed by atoms with Gasteiger partial charge in [-0.1, -0.05) is 47.5 Å². The van der Waals surface area contributed by atoms with Crippen LogP contribution in [0.15, 0.2) is 83.6 Å². The maximum atomic E-state index is 6.26. The number of terminal acetylenes is 1. The molecule has 2 aromatic carbocycles. The van der Waals surface area contributed by atoms with E-state index in [9.17, 15) is 0 Å². The van der Waals surface area contributed by atoms with E-state index in [-0.39, 0.29) is 0 Å². The number of nitrogens with zero attached hydrogens (tertiary/aromatic N) is 1. The molecule has 0 amide bonds. The number of aromatic nitrogens is 1. The van der Waals surface area contributed by atoms with E-state index in [4.69, 9.17) is 27.9 Å². The van der Waals surface area contributed by atoms with E-state index >= 15 is 0 Å². The highest BCUT2D eigenvalue weighted by Crippen LogP contribution is 2.29. The van der Waals surface area contributed by atoms with Crippen molar-refractivity contribution in [3.63, 3.8) is 0 Å². The van der Waals surface area contributed by atoms with Gasteiger partial charge in [-0.2, -0.15) is 0 Å². The Morgan fingerprint density at radius 3 is 2.50 bits per heavy atom. The summed E-state index contributed by atoms with van der Waals surface area (Å²) in [6, 6.07) is 17.9. The number of rotatable bonds is 6. The topological polar surface area (TPSA) is 22.1 Å². The number of alkyl halides is 1. The highest BCUT2D eigenvalue weighted by Gasteiger charge is 2.05. The van der Waals surface area contributed by atoms with Gasteiger partial charge in [0.2, 0.25) is 0 Å².